The van der Waals surface area contributed by atoms with E-state index in [0.717, 1.165) is 0 Å². The molecule has 1 atom stereocenters. The Kier molecular flexibility index (Phi) is 3.62. The fourth-order valence-corrected chi connectivity index (χ4v) is 1.57. The number of para-hydroxylation sites is 1. The van der Waals surface area contributed by atoms with E-state index in [9.17, 15) is 9.59 Å². The number of amidine groups is 1. The molecule has 0 radical (unpaired) electrons. The number of hydrogen-bond acceptors (Lipinski definition) is 3. The van der Waals surface area contributed by atoms with E-state index in [1.165, 1.54) is 5.01 Å². The van der Waals surface area contributed by atoms with Gasteiger partial charge in [-0.3, -0.25) is 9.59 Å². The summed E-state index contributed by atoms with van der Waals surface area (Å²) >= 11 is 5.63. The highest BCUT2D eigenvalue weighted by atomic mass is 35.5. The first kappa shape index (κ1) is 12.6. The minimum Gasteiger partial charge on any atom is -0.311 e. The third-order valence-electron chi connectivity index (χ3n) is 2.41. The quantitative estimate of drug-likeness (QED) is 0.824. The van der Waals surface area contributed by atoms with Gasteiger partial charge in [0.25, 0.3) is 5.91 Å². The number of alkyl halides is 1. The maximum absolute atomic E-state index is 11.8. The maximum atomic E-state index is 11.8. The molecule has 0 saturated carbocycles. The van der Waals surface area contributed by atoms with Crippen LogP contribution in [0.3, 0.4) is 0 Å². The van der Waals surface area contributed by atoms with Gasteiger partial charge in [0.2, 0.25) is 5.91 Å². The molecule has 1 aliphatic heterocycles. The summed E-state index contributed by atoms with van der Waals surface area (Å²) in [4.78, 5) is 23.2. The Hall–Kier alpha value is -1.88. The number of carbonyl (C=O) groups excluding carboxylic acids is 2. The lowest BCUT2D eigenvalue weighted by Crippen LogP contribution is -2.34. The number of hydrogen-bond donors (Lipinski definition) is 1. The number of amides is 2. The monoisotopic (exact) mass is 265 g/mol. The Balaban J connectivity index is 2.13. The van der Waals surface area contributed by atoms with Crippen LogP contribution in [0.25, 0.3) is 0 Å². The van der Waals surface area contributed by atoms with Gasteiger partial charge in [-0.1, -0.05) is 18.2 Å². The topological polar surface area (TPSA) is 61.8 Å². The zero-order valence-corrected chi connectivity index (χ0v) is 10.5. The van der Waals surface area contributed by atoms with E-state index >= 15 is 0 Å². The van der Waals surface area contributed by atoms with Gasteiger partial charge in [-0.25, -0.2) is 0 Å². The first-order chi connectivity index (χ1) is 8.58. The fourth-order valence-electron chi connectivity index (χ4n) is 1.51. The van der Waals surface area contributed by atoms with Crippen molar-refractivity contribution >= 4 is 34.9 Å². The molecule has 1 heterocycles. The molecule has 1 aliphatic rings. The van der Waals surface area contributed by atoms with Crippen molar-refractivity contribution < 1.29 is 9.59 Å². The van der Waals surface area contributed by atoms with Crippen LogP contribution in [0.5, 0.6) is 0 Å². The van der Waals surface area contributed by atoms with Crippen molar-refractivity contribution in [1.82, 2.24) is 5.32 Å². The molecule has 1 aromatic rings. The lowest BCUT2D eigenvalue weighted by atomic mass is 10.3. The summed E-state index contributed by atoms with van der Waals surface area (Å²) < 4.78 is 0. The van der Waals surface area contributed by atoms with E-state index in [4.69, 9.17) is 11.6 Å². The Morgan fingerprint density at radius 1 is 1.44 bits per heavy atom. The fraction of sp³-hybridized carbons (Fsp3) is 0.250. The Morgan fingerprint density at radius 3 is 2.72 bits per heavy atom. The number of benzene rings is 1. The van der Waals surface area contributed by atoms with Crippen LogP contribution in [0.2, 0.25) is 0 Å². The smallest absolute Gasteiger partial charge is 0.255 e. The van der Waals surface area contributed by atoms with Crippen molar-refractivity contribution in [2.75, 3.05) is 5.01 Å². The Bertz CT molecular complexity index is 499. The van der Waals surface area contributed by atoms with E-state index in [1.807, 2.05) is 18.2 Å². The Labute approximate surface area is 109 Å². The highest BCUT2D eigenvalue weighted by Gasteiger charge is 2.26. The minimum atomic E-state index is -0.659. The van der Waals surface area contributed by atoms with Gasteiger partial charge in [-0.15, -0.1) is 11.6 Å². The molecule has 0 unspecified atom stereocenters. The van der Waals surface area contributed by atoms with Crippen LogP contribution in [-0.2, 0) is 9.59 Å². The summed E-state index contributed by atoms with van der Waals surface area (Å²) in [6.45, 7) is 1.56. The van der Waals surface area contributed by atoms with Crippen molar-refractivity contribution in [2.45, 2.75) is 18.7 Å². The summed E-state index contributed by atoms with van der Waals surface area (Å²) in [6, 6.07) is 9.03. The predicted octanol–water partition coefficient (Wildman–Crippen LogP) is 1.48. The molecule has 0 spiro atoms. The van der Waals surface area contributed by atoms with Crippen LogP contribution in [0, 0.1) is 0 Å². The second-order valence-electron chi connectivity index (χ2n) is 3.87. The van der Waals surface area contributed by atoms with E-state index < -0.39 is 5.38 Å². The van der Waals surface area contributed by atoms with Gasteiger partial charge in [-0.2, -0.15) is 10.1 Å². The second-order valence-corrected chi connectivity index (χ2v) is 4.52. The van der Waals surface area contributed by atoms with Crippen molar-refractivity contribution in [3.05, 3.63) is 30.3 Å². The standard InChI is InChI=1S/C12H12ClN3O2/c1-8(13)12(18)14-10-7-11(17)16(15-10)9-5-3-2-4-6-9/h2-6,8H,7H2,1H3,(H,14,15,18)/t8-/m1/s1. The number of anilines is 1. The number of rotatable bonds is 2. The molecule has 0 aliphatic carbocycles. The molecule has 18 heavy (non-hydrogen) atoms. The highest BCUT2D eigenvalue weighted by molar-refractivity contribution is 6.32. The van der Waals surface area contributed by atoms with Gasteiger partial charge < -0.3 is 5.32 Å². The zero-order chi connectivity index (χ0) is 13.1. The molecule has 2 rings (SSSR count). The van der Waals surface area contributed by atoms with Gasteiger partial charge >= 0.3 is 0 Å². The molecule has 1 aromatic carbocycles. The summed E-state index contributed by atoms with van der Waals surface area (Å²) in [7, 11) is 0. The SMILES string of the molecule is C[C@@H](Cl)C(=O)NC1=NN(c2ccccc2)C(=O)C1. The number of nitrogens with one attached hydrogen (secondary N) is 1. The second kappa shape index (κ2) is 5.18. The molecule has 0 fully saturated rings. The number of nitrogens with zero attached hydrogens (tertiary/aromatic N) is 2. The minimum absolute atomic E-state index is 0.0737. The summed E-state index contributed by atoms with van der Waals surface area (Å²) in [5.41, 5.74) is 0.672. The van der Waals surface area contributed by atoms with Crippen LogP contribution in [0.1, 0.15) is 13.3 Å². The third-order valence-corrected chi connectivity index (χ3v) is 2.60. The van der Waals surface area contributed by atoms with Crippen molar-refractivity contribution in [3.8, 4) is 0 Å². The van der Waals surface area contributed by atoms with Crippen LogP contribution < -0.4 is 10.3 Å². The summed E-state index contributed by atoms with van der Waals surface area (Å²) in [5, 5.41) is 7.21. The first-order valence-corrected chi connectivity index (χ1v) is 5.92. The molecule has 0 aromatic heterocycles. The normalized spacial score (nSPS) is 16.4. The zero-order valence-electron chi connectivity index (χ0n) is 9.76. The van der Waals surface area contributed by atoms with E-state index in [2.05, 4.69) is 10.4 Å². The van der Waals surface area contributed by atoms with Crippen LogP contribution in [0.4, 0.5) is 5.69 Å². The van der Waals surface area contributed by atoms with Gasteiger partial charge in [0.1, 0.15) is 11.2 Å². The van der Waals surface area contributed by atoms with Gasteiger partial charge in [0, 0.05) is 0 Å². The molecule has 1 N–H and O–H groups in total. The van der Waals surface area contributed by atoms with Crippen LogP contribution >= 0.6 is 11.6 Å². The molecular formula is C12H12ClN3O2. The molecule has 2 amide bonds. The van der Waals surface area contributed by atoms with Crippen molar-refractivity contribution in [2.24, 2.45) is 5.10 Å². The molecule has 0 bridgehead atoms. The van der Waals surface area contributed by atoms with E-state index in [1.54, 1.807) is 19.1 Å². The van der Waals surface area contributed by atoms with Crippen LogP contribution in [0.15, 0.2) is 35.4 Å². The lowest BCUT2D eigenvalue weighted by molar-refractivity contribution is -0.119. The average Bonchev–Trinajstić information content (AvgIpc) is 2.71. The van der Waals surface area contributed by atoms with Gasteiger partial charge in [0.05, 0.1) is 12.1 Å². The average molecular weight is 266 g/mol. The highest BCUT2D eigenvalue weighted by Crippen LogP contribution is 2.19. The van der Waals surface area contributed by atoms with E-state index in [0.29, 0.717) is 11.5 Å². The molecule has 5 nitrogen and oxygen atoms in total. The molecular weight excluding hydrogens is 254 g/mol. The van der Waals surface area contributed by atoms with Crippen molar-refractivity contribution in [1.29, 1.82) is 0 Å². The summed E-state index contributed by atoms with van der Waals surface area (Å²) in [6.07, 6.45) is 0.0737. The number of halogens is 1. The molecule has 6 heteroatoms. The molecule has 0 saturated heterocycles. The summed E-state index contributed by atoms with van der Waals surface area (Å²) in [5.74, 6) is -0.224. The number of carbonyl (C=O) groups is 2. The van der Waals surface area contributed by atoms with Crippen molar-refractivity contribution in [3.63, 3.8) is 0 Å². The largest absolute Gasteiger partial charge is 0.311 e. The maximum Gasteiger partial charge on any atom is 0.255 e. The predicted molar refractivity (Wildman–Crippen MR) is 69.4 cm³/mol. The number of hydrazone groups is 1. The third kappa shape index (κ3) is 2.68. The lowest BCUT2D eigenvalue weighted by Gasteiger charge is -2.10. The van der Waals surface area contributed by atoms with Crippen LogP contribution in [-0.4, -0.2) is 23.0 Å². The molecule has 94 valence electrons. The Morgan fingerprint density at radius 2 is 2.11 bits per heavy atom. The van der Waals surface area contributed by atoms with Gasteiger partial charge in [0.15, 0.2) is 0 Å². The van der Waals surface area contributed by atoms with E-state index in [-0.39, 0.29) is 18.2 Å². The van der Waals surface area contributed by atoms with Gasteiger partial charge in [-0.05, 0) is 19.1 Å². The first-order valence-electron chi connectivity index (χ1n) is 5.48.